The summed E-state index contributed by atoms with van der Waals surface area (Å²) in [7, 11) is 1.66. The maximum absolute atomic E-state index is 13.5. The van der Waals surface area contributed by atoms with Crippen LogP contribution in [0.2, 0.25) is 0 Å². The quantitative estimate of drug-likeness (QED) is 0.836. The van der Waals surface area contributed by atoms with Crippen molar-refractivity contribution in [1.29, 1.82) is 0 Å². The van der Waals surface area contributed by atoms with Gasteiger partial charge in [-0.3, -0.25) is 4.79 Å². The van der Waals surface area contributed by atoms with Gasteiger partial charge in [-0.2, -0.15) is 0 Å². The first-order chi connectivity index (χ1) is 12.0. The zero-order valence-corrected chi connectivity index (χ0v) is 14.8. The third-order valence-corrected chi connectivity index (χ3v) is 6.14. The largest absolute Gasteiger partial charge is 0.344 e. The van der Waals surface area contributed by atoms with Crippen LogP contribution in [0, 0.1) is 0 Å². The predicted molar refractivity (Wildman–Crippen MR) is 93.1 cm³/mol. The standard InChI is InChI=1S/C17H20F2N4OS/c1-22(11-4-6-17(18,19)9-11)16(24)13-3-2-7-23(13)14-12-5-8-25-15(12)21-10-20-14/h5,8,10-11,13H,2-4,6-7,9H2,1H3. The molecule has 1 aliphatic heterocycles. The highest BCUT2D eigenvalue weighted by Gasteiger charge is 2.44. The number of halogens is 2. The van der Waals surface area contributed by atoms with E-state index in [9.17, 15) is 13.6 Å². The highest BCUT2D eigenvalue weighted by atomic mass is 32.1. The predicted octanol–water partition coefficient (Wildman–Crippen LogP) is 3.31. The lowest BCUT2D eigenvalue weighted by atomic mass is 10.1. The van der Waals surface area contributed by atoms with Crippen LogP contribution in [0.3, 0.4) is 0 Å². The third-order valence-electron chi connectivity index (χ3n) is 5.32. The molecule has 2 aliphatic rings. The molecule has 1 aliphatic carbocycles. The summed E-state index contributed by atoms with van der Waals surface area (Å²) in [5.41, 5.74) is 0. The van der Waals surface area contributed by atoms with Crippen molar-refractivity contribution in [1.82, 2.24) is 14.9 Å². The lowest BCUT2D eigenvalue weighted by Crippen LogP contribution is -2.48. The van der Waals surface area contributed by atoms with E-state index >= 15 is 0 Å². The van der Waals surface area contributed by atoms with Gasteiger partial charge in [0, 0.05) is 32.5 Å². The summed E-state index contributed by atoms with van der Waals surface area (Å²) in [5.74, 6) is -1.96. The van der Waals surface area contributed by atoms with Crippen LogP contribution >= 0.6 is 11.3 Å². The Kier molecular flexibility index (Phi) is 4.10. The summed E-state index contributed by atoms with van der Waals surface area (Å²) in [6.07, 6.45) is 3.14. The zero-order valence-electron chi connectivity index (χ0n) is 14.0. The van der Waals surface area contributed by atoms with Crippen LogP contribution in [0.5, 0.6) is 0 Å². The molecule has 1 saturated carbocycles. The summed E-state index contributed by atoms with van der Waals surface area (Å²) in [5, 5.41) is 2.91. The summed E-state index contributed by atoms with van der Waals surface area (Å²) in [4.78, 5) is 26.1. The number of hydrogen-bond acceptors (Lipinski definition) is 5. The van der Waals surface area contributed by atoms with Crippen molar-refractivity contribution in [3.63, 3.8) is 0 Å². The van der Waals surface area contributed by atoms with Crippen LogP contribution in [0.1, 0.15) is 32.1 Å². The van der Waals surface area contributed by atoms with Gasteiger partial charge in [0.1, 0.15) is 23.0 Å². The molecule has 4 rings (SSSR count). The summed E-state index contributed by atoms with van der Waals surface area (Å²) < 4.78 is 27.0. The highest BCUT2D eigenvalue weighted by Crippen LogP contribution is 2.38. The number of thiophene rings is 1. The molecule has 1 amide bonds. The molecule has 2 aromatic heterocycles. The van der Waals surface area contributed by atoms with Crippen molar-refractivity contribution in [2.24, 2.45) is 0 Å². The van der Waals surface area contributed by atoms with Crippen molar-refractivity contribution in [3.05, 3.63) is 17.8 Å². The fourth-order valence-corrected chi connectivity index (χ4v) is 4.68. The molecule has 2 atom stereocenters. The monoisotopic (exact) mass is 366 g/mol. The minimum absolute atomic E-state index is 0.0813. The van der Waals surface area contributed by atoms with Crippen LogP contribution in [0.15, 0.2) is 17.8 Å². The molecule has 0 aromatic carbocycles. The number of fused-ring (bicyclic) bond motifs is 1. The number of alkyl halides is 2. The number of rotatable bonds is 3. The topological polar surface area (TPSA) is 49.3 Å². The molecule has 2 fully saturated rings. The summed E-state index contributed by atoms with van der Waals surface area (Å²) in [6.45, 7) is 0.743. The van der Waals surface area contributed by atoms with Gasteiger partial charge in [-0.25, -0.2) is 18.7 Å². The van der Waals surface area contributed by atoms with E-state index in [1.165, 1.54) is 22.6 Å². The van der Waals surface area contributed by atoms with E-state index < -0.39 is 5.92 Å². The van der Waals surface area contributed by atoms with Crippen LogP contribution in [0.4, 0.5) is 14.6 Å². The fourth-order valence-electron chi connectivity index (χ4n) is 3.96. The second-order valence-electron chi connectivity index (χ2n) is 6.89. The van der Waals surface area contributed by atoms with Crippen molar-refractivity contribution < 1.29 is 13.6 Å². The van der Waals surface area contributed by atoms with E-state index in [1.54, 1.807) is 7.05 Å². The lowest BCUT2D eigenvalue weighted by Gasteiger charge is -2.32. The number of nitrogens with zero attached hydrogens (tertiary/aromatic N) is 4. The number of amides is 1. The van der Waals surface area contributed by atoms with E-state index in [2.05, 4.69) is 9.97 Å². The molecule has 8 heteroatoms. The molecule has 5 nitrogen and oxygen atoms in total. The Hall–Kier alpha value is -1.83. The molecule has 134 valence electrons. The zero-order chi connectivity index (χ0) is 17.6. The highest BCUT2D eigenvalue weighted by molar-refractivity contribution is 7.16. The lowest BCUT2D eigenvalue weighted by molar-refractivity contribution is -0.133. The normalized spacial score (nSPS) is 25.6. The Morgan fingerprint density at radius 2 is 2.24 bits per heavy atom. The maximum Gasteiger partial charge on any atom is 0.250 e. The summed E-state index contributed by atoms with van der Waals surface area (Å²) in [6, 6.07) is 1.25. The Balaban J connectivity index is 1.57. The number of carbonyl (C=O) groups excluding carboxylic acids is 1. The Morgan fingerprint density at radius 1 is 1.40 bits per heavy atom. The molecule has 0 radical (unpaired) electrons. The number of anilines is 1. The van der Waals surface area contributed by atoms with Crippen molar-refractivity contribution >= 4 is 33.3 Å². The number of carbonyl (C=O) groups is 1. The minimum atomic E-state index is -2.65. The number of hydrogen-bond donors (Lipinski definition) is 0. The molecular weight excluding hydrogens is 346 g/mol. The number of likely N-dealkylation sites (N-methyl/N-ethyl adjacent to an activating group) is 1. The van der Waals surface area contributed by atoms with Gasteiger partial charge in [0.15, 0.2) is 0 Å². The first-order valence-corrected chi connectivity index (χ1v) is 9.43. The average molecular weight is 366 g/mol. The van der Waals surface area contributed by atoms with Gasteiger partial charge < -0.3 is 9.80 Å². The van der Waals surface area contributed by atoms with Crippen molar-refractivity contribution in [2.75, 3.05) is 18.5 Å². The Labute approximate surface area is 148 Å². The fraction of sp³-hybridized carbons (Fsp3) is 0.588. The van der Waals surface area contributed by atoms with E-state index in [-0.39, 0.29) is 30.8 Å². The van der Waals surface area contributed by atoms with E-state index in [0.29, 0.717) is 6.42 Å². The SMILES string of the molecule is CN(C(=O)C1CCCN1c1ncnc2sccc12)C1CCC(F)(F)C1. The second kappa shape index (κ2) is 6.16. The van der Waals surface area contributed by atoms with Gasteiger partial charge in [-0.1, -0.05) is 0 Å². The van der Waals surface area contributed by atoms with Gasteiger partial charge in [-0.05, 0) is 30.7 Å². The molecule has 0 bridgehead atoms. The van der Waals surface area contributed by atoms with Crippen molar-refractivity contribution in [2.45, 2.75) is 50.1 Å². The maximum atomic E-state index is 13.5. The first kappa shape index (κ1) is 16.6. The van der Waals surface area contributed by atoms with E-state index in [0.717, 1.165) is 35.4 Å². The van der Waals surface area contributed by atoms with Gasteiger partial charge in [0.25, 0.3) is 0 Å². The van der Waals surface area contributed by atoms with Crippen molar-refractivity contribution in [3.8, 4) is 0 Å². The minimum Gasteiger partial charge on any atom is -0.344 e. The molecule has 1 saturated heterocycles. The molecule has 2 aromatic rings. The van der Waals surface area contributed by atoms with E-state index in [1.807, 2.05) is 16.3 Å². The van der Waals surface area contributed by atoms with Crippen LogP contribution in [-0.4, -0.2) is 52.4 Å². The van der Waals surface area contributed by atoms with Crippen LogP contribution in [0.25, 0.3) is 10.2 Å². The van der Waals surface area contributed by atoms with Crippen LogP contribution in [-0.2, 0) is 4.79 Å². The van der Waals surface area contributed by atoms with E-state index in [4.69, 9.17) is 0 Å². The number of aromatic nitrogens is 2. The average Bonchev–Trinajstić information content (AvgIpc) is 3.31. The molecular formula is C17H20F2N4OS. The smallest absolute Gasteiger partial charge is 0.250 e. The molecule has 3 heterocycles. The molecule has 0 N–H and O–H groups in total. The molecule has 25 heavy (non-hydrogen) atoms. The van der Waals surface area contributed by atoms with Crippen LogP contribution < -0.4 is 4.90 Å². The van der Waals surface area contributed by atoms with Gasteiger partial charge in [-0.15, -0.1) is 11.3 Å². The first-order valence-electron chi connectivity index (χ1n) is 8.56. The van der Waals surface area contributed by atoms with Gasteiger partial charge in [0.2, 0.25) is 11.8 Å². The van der Waals surface area contributed by atoms with Gasteiger partial charge >= 0.3 is 0 Å². The third kappa shape index (κ3) is 2.96. The molecule has 2 unspecified atom stereocenters. The molecule has 0 spiro atoms. The Bertz CT molecular complexity index is 796. The summed E-state index contributed by atoms with van der Waals surface area (Å²) >= 11 is 1.54. The second-order valence-corrected chi connectivity index (χ2v) is 7.78. The Morgan fingerprint density at radius 3 is 3.00 bits per heavy atom. The van der Waals surface area contributed by atoms with Gasteiger partial charge in [0.05, 0.1) is 5.39 Å².